The van der Waals surface area contributed by atoms with Crippen LogP contribution < -0.4 is 5.62 Å². The van der Waals surface area contributed by atoms with Crippen molar-refractivity contribution in [2.24, 2.45) is 29.5 Å². The highest BCUT2D eigenvalue weighted by Gasteiger charge is 1.91. The molecule has 0 aliphatic heterocycles. The smallest absolute Gasteiger partial charge is 0.231 e. The Hall–Kier alpha value is -2.17. The number of nitrogens with zero attached hydrogens (tertiary/aromatic N) is 5. The Bertz CT molecular complexity index is 525. The molecule has 5 nitrogen and oxygen atoms in total. The third-order valence-electron chi connectivity index (χ3n) is 2.20. The number of hydrogen-bond acceptors (Lipinski definition) is 2. The van der Waals surface area contributed by atoms with E-state index in [9.17, 15) is 0 Å². The maximum absolute atomic E-state index is 4.04. The number of rotatable bonds is 2. The van der Waals surface area contributed by atoms with E-state index in [4.69, 9.17) is 0 Å². The molecule has 1 aromatic carbocycles. The van der Waals surface area contributed by atoms with Gasteiger partial charge in [-0.25, -0.2) is 0 Å². The first kappa shape index (κ1) is 10.4. The standard InChI is InChI=1S/C11H13N5/c1-15-8-9-16(2)11(15)13-14-12-10-6-4-3-5-7-10/h3-9H,1-2H3. The summed E-state index contributed by atoms with van der Waals surface area (Å²) in [5, 5.41) is 11.9. The molecule has 0 amide bonds. The lowest BCUT2D eigenvalue weighted by atomic mass is 10.3. The van der Waals surface area contributed by atoms with Gasteiger partial charge in [0.05, 0.1) is 5.69 Å². The molecule has 0 saturated carbocycles. The summed E-state index contributed by atoms with van der Waals surface area (Å²) in [6.07, 6.45) is 3.83. The van der Waals surface area contributed by atoms with Crippen LogP contribution in [0.15, 0.2) is 58.2 Å². The number of imidazole rings is 1. The van der Waals surface area contributed by atoms with Crippen molar-refractivity contribution in [3.05, 3.63) is 48.3 Å². The quantitative estimate of drug-likeness (QED) is 0.543. The SMILES string of the molecule is Cn1ccn(C)c1=NN=Nc1ccccc1. The maximum atomic E-state index is 4.04. The first-order valence-electron chi connectivity index (χ1n) is 4.95. The molecule has 0 atom stereocenters. The van der Waals surface area contributed by atoms with Gasteiger partial charge in [0, 0.05) is 26.5 Å². The van der Waals surface area contributed by atoms with Gasteiger partial charge in [0.25, 0.3) is 0 Å². The van der Waals surface area contributed by atoms with E-state index in [2.05, 4.69) is 15.4 Å². The molecule has 2 aromatic rings. The van der Waals surface area contributed by atoms with Gasteiger partial charge in [-0.2, -0.15) is 0 Å². The minimum Gasteiger partial charge on any atom is -0.319 e. The lowest BCUT2D eigenvalue weighted by Crippen LogP contribution is -2.20. The summed E-state index contributed by atoms with van der Waals surface area (Å²) in [6.45, 7) is 0. The summed E-state index contributed by atoms with van der Waals surface area (Å²) in [5.74, 6) is 0. The number of aromatic nitrogens is 2. The Morgan fingerprint density at radius 1 is 0.938 bits per heavy atom. The number of aryl methyl sites for hydroxylation is 2. The highest BCUT2D eigenvalue weighted by atomic mass is 15.4. The summed E-state index contributed by atoms with van der Waals surface area (Å²) < 4.78 is 3.76. The molecule has 0 radical (unpaired) electrons. The fourth-order valence-corrected chi connectivity index (χ4v) is 1.33. The zero-order valence-corrected chi connectivity index (χ0v) is 9.28. The van der Waals surface area contributed by atoms with E-state index in [-0.39, 0.29) is 0 Å². The second-order valence-corrected chi connectivity index (χ2v) is 3.44. The molecule has 1 aromatic heterocycles. The third kappa shape index (κ3) is 2.25. The molecule has 16 heavy (non-hydrogen) atoms. The molecule has 0 aliphatic rings. The van der Waals surface area contributed by atoms with Gasteiger partial charge in [-0.1, -0.05) is 23.3 Å². The van der Waals surface area contributed by atoms with Gasteiger partial charge in [0.15, 0.2) is 0 Å². The Kier molecular flexibility index (Phi) is 2.95. The lowest BCUT2D eigenvalue weighted by Gasteiger charge is -1.91. The third-order valence-corrected chi connectivity index (χ3v) is 2.20. The predicted octanol–water partition coefficient (Wildman–Crippen LogP) is 1.96. The van der Waals surface area contributed by atoms with Crippen LogP contribution in [0, 0.1) is 0 Å². The largest absolute Gasteiger partial charge is 0.319 e. The van der Waals surface area contributed by atoms with Crippen molar-refractivity contribution in [1.29, 1.82) is 0 Å². The zero-order chi connectivity index (χ0) is 11.4. The summed E-state index contributed by atoms with van der Waals surface area (Å²) >= 11 is 0. The van der Waals surface area contributed by atoms with E-state index in [0.717, 1.165) is 11.3 Å². The minimum atomic E-state index is 0.750. The molecule has 2 rings (SSSR count). The van der Waals surface area contributed by atoms with Crippen LogP contribution in [0.4, 0.5) is 5.69 Å². The average Bonchev–Trinajstić information content (AvgIpc) is 2.62. The Labute approximate surface area is 93.4 Å². The fraction of sp³-hybridized carbons (Fsp3) is 0.182. The van der Waals surface area contributed by atoms with Crippen molar-refractivity contribution in [1.82, 2.24) is 9.13 Å². The zero-order valence-electron chi connectivity index (χ0n) is 9.28. The van der Waals surface area contributed by atoms with Crippen molar-refractivity contribution < 1.29 is 0 Å². The molecule has 0 saturated heterocycles. The number of hydrogen-bond donors (Lipinski definition) is 0. The van der Waals surface area contributed by atoms with E-state index in [1.165, 1.54) is 0 Å². The molecule has 0 N–H and O–H groups in total. The topological polar surface area (TPSA) is 46.9 Å². The van der Waals surface area contributed by atoms with E-state index < -0.39 is 0 Å². The van der Waals surface area contributed by atoms with Crippen molar-refractivity contribution in [3.8, 4) is 0 Å². The van der Waals surface area contributed by atoms with Gasteiger partial charge in [-0.3, -0.25) is 0 Å². The molecule has 0 bridgehead atoms. The van der Waals surface area contributed by atoms with Crippen LogP contribution in [0.3, 0.4) is 0 Å². The molecule has 0 spiro atoms. The van der Waals surface area contributed by atoms with E-state index in [0.29, 0.717) is 0 Å². The van der Waals surface area contributed by atoms with E-state index >= 15 is 0 Å². The van der Waals surface area contributed by atoms with Crippen molar-refractivity contribution >= 4 is 5.69 Å². The Balaban J connectivity index is 2.25. The number of benzene rings is 1. The van der Waals surface area contributed by atoms with Gasteiger partial charge in [-0.15, -0.1) is 5.11 Å². The molecular weight excluding hydrogens is 202 g/mol. The van der Waals surface area contributed by atoms with Crippen molar-refractivity contribution in [2.75, 3.05) is 0 Å². The van der Waals surface area contributed by atoms with Gasteiger partial charge >= 0.3 is 0 Å². The first-order chi connectivity index (χ1) is 7.77. The second-order valence-electron chi connectivity index (χ2n) is 3.44. The molecule has 5 heteroatoms. The van der Waals surface area contributed by atoms with Gasteiger partial charge in [0.1, 0.15) is 0 Å². The van der Waals surface area contributed by atoms with Crippen molar-refractivity contribution in [3.63, 3.8) is 0 Å². The molecular formula is C11H13N5. The van der Waals surface area contributed by atoms with Gasteiger partial charge in [-0.05, 0) is 17.4 Å². The predicted molar refractivity (Wildman–Crippen MR) is 60.9 cm³/mol. The van der Waals surface area contributed by atoms with Crippen LogP contribution in [0.1, 0.15) is 0 Å². The highest BCUT2D eigenvalue weighted by molar-refractivity contribution is 5.34. The molecule has 1 heterocycles. The monoisotopic (exact) mass is 215 g/mol. The van der Waals surface area contributed by atoms with E-state index in [1.54, 1.807) is 0 Å². The first-order valence-corrected chi connectivity index (χ1v) is 4.95. The second kappa shape index (κ2) is 4.57. The fourth-order valence-electron chi connectivity index (χ4n) is 1.33. The van der Waals surface area contributed by atoms with Crippen molar-refractivity contribution in [2.45, 2.75) is 0 Å². The van der Waals surface area contributed by atoms with Gasteiger partial charge in [0.2, 0.25) is 5.62 Å². The van der Waals surface area contributed by atoms with Crippen LogP contribution in [0.5, 0.6) is 0 Å². The highest BCUT2D eigenvalue weighted by Crippen LogP contribution is 2.09. The molecule has 0 unspecified atom stereocenters. The van der Waals surface area contributed by atoms with Crippen LogP contribution in [-0.2, 0) is 14.1 Å². The minimum absolute atomic E-state index is 0.750. The maximum Gasteiger partial charge on any atom is 0.231 e. The Morgan fingerprint density at radius 2 is 1.56 bits per heavy atom. The van der Waals surface area contributed by atoms with Crippen LogP contribution in [0.2, 0.25) is 0 Å². The average molecular weight is 215 g/mol. The normalized spacial score (nSPS) is 10.9. The van der Waals surface area contributed by atoms with E-state index in [1.807, 2.05) is 66.0 Å². The summed E-state index contributed by atoms with van der Waals surface area (Å²) in [6, 6.07) is 9.52. The summed E-state index contributed by atoms with van der Waals surface area (Å²) in [7, 11) is 3.83. The molecule has 0 fully saturated rings. The summed E-state index contributed by atoms with van der Waals surface area (Å²) in [4.78, 5) is 0. The van der Waals surface area contributed by atoms with Crippen LogP contribution in [0.25, 0.3) is 0 Å². The lowest BCUT2D eigenvalue weighted by molar-refractivity contribution is 0.718. The summed E-state index contributed by atoms with van der Waals surface area (Å²) in [5.41, 5.74) is 1.54. The van der Waals surface area contributed by atoms with Crippen LogP contribution in [-0.4, -0.2) is 9.13 Å². The molecule has 0 aliphatic carbocycles. The van der Waals surface area contributed by atoms with Gasteiger partial charge < -0.3 is 9.13 Å². The molecule has 82 valence electrons. The van der Waals surface area contributed by atoms with Crippen LogP contribution >= 0.6 is 0 Å². The Morgan fingerprint density at radius 3 is 2.19 bits per heavy atom.